The van der Waals surface area contributed by atoms with Crippen molar-refractivity contribution >= 4 is 5.91 Å². The van der Waals surface area contributed by atoms with Crippen LogP contribution in [0.3, 0.4) is 0 Å². The van der Waals surface area contributed by atoms with E-state index in [9.17, 15) is 4.79 Å². The van der Waals surface area contributed by atoms with Gasteiger partial charge in [-0.25, -0.2) is 0 Å². The lowest BCUT2D eigenvalue weighted by Crippen LogP contribution is -2.45. The van der Waals surface area contributed by atoms with Crippen LogP contribution in [0.2, 0.25) is 0 Å². The minimum atomic E-state index is -0.193. The number of aryl methyl sites for hydroxylation is 1. The van der Waals surface area contributed by atoms with Crippen LogP contribution in [0.5, 0.6) is 0 Å². The maximum Gasteiger partial charge on any atom is 0.237 e. The Morgan fingerprint density at radius 1 is 1.32 bits per heavy atom. The Labute approximate surface area is 116 Å². The molecule has 1 aromatic heterocycles. The van der Waals surface area contributed by atoms with Crippen molar-refractivity contribution in [2.75, 3.05) is 0 Å². The molecule has 1 unspecified atom stereocenters. The molecule has 1 rings (SSSR count). The summed E-state index contributed by atoms with van der Waals surface area (Å²) in [5, 5.41) is 6.26. The first-order valence-electron chi connectivity index (χ1n) is 7.02. The number of nitrogens with zero attached hydrogens (tertiary/aromatic N) is 1. The third-order valence-electron chi connectivity index (χ3n) is 3.31. The molecule has 0 saturated carbocycles. The van der Waals surface area contributed by atoms with E-state index in [1.165, 1.54) is 0 Å². The second-order valence-corrected chi connectivity index (χ2v) is 4.93. The van der Waals surface area contributed by atoms with E-state index in [1.807, 2.05) is 32.2 Å². The summed E-state index contributed by atoms with van der Waals surface area (Å²) in [6.07, 6.45) is 3.78. The van der Waals surface area contributed by atoms with Crippen LogP contribution in [0, 0.1) is 6.92 Å². The fourth-order valence-electron chi connectivity index (χ4n) is 1.79. The second kappa shape index (κ2) is 7.89. The van der Waals surface area contributed by atoms with Gasteiger partial charge in [0.2, 0.25) is 5.91 Å². The fourth-order valence-corrected chi connectivity index (χ4v) is 1.79. The van der Waals surface area contributed by atoms with Gasteiger partial charge in [-0.1, -0.05) is 19.9 Å². The van der Waals surface area contributed by atoms with Crippen molar-refractivity contribution < 1.29 is 4.79 Å². The average Bonchev–Trinajstić information content (AvgIpc) is 2.43. The van der Waals surface area contributed by atoms with Crippen LogP contribution in [0.1, 0.15) is 44.9 Å². The number of carbonyl (C=O) groups excluding carboxylic acids is 1. The van der Waals surface area contributed by atoms with E-state index < -0.39 is 0 Å². The van der Waals surface area contributed by atoms with Gasteiger partial charge in [0.25, 0.3) is 0 Å². The van der Waals surface area contributed by atoms with Crippen LogP contribution >= 0.6 is 0 Å². The molecule has 0 saturated heterocycles. The summed E-state index contributed by atoms with van der Waals surface area (Å²) in [5.41, 5.74) is 2.09. The molecule has 2 N–H and O–H groups in total. The van der Waals surface area contributed by atoms with Gasteiger partial charge in [0.1, 0.15) is 0 Å². The fraction of sp³-hybridized carbons (Fsp3) is 0.600. The Kier molecular flexibility index (Phi) is 6.50. The minimum Gasteiger partial charge on any atom is -0.352 e. The van der Waals surface area contributed by atoms with Crippen LogP contribution in [-0.2, 0) is 11.3 Å². The molecule has 0 bridgehead atoms. The number of hydrogen-bond acceptors (Lipinski definition) is 3. The molecule has 4 heteroatoms. The lowest BCUT2D eigenvalue weighted by Gasteiger charge is -2.19. The van der Waals surface area contributed by atoms with E-state index in [1.54, 1.807) is 0 Å². The zero-order valence-corrected chi connectivity index (χ0v) is 12.4. The van der Waals surface area contributed by atoms with Gasteiger partial charge >= 0.3 is 0 Å². The molecule has 1 amide bonds. The zero-order chi connectivity index (χ0) is 14.3. The molecule has 0 aliphatic heterocycles. The van der Waals surface area contributed by atoms with E-state index in [4.69, 9.17) is 0 Å². The molecule has 0 aromatic carbocycles. The molecule has 19 heavy (non-hydrogen) atoms. The number of nitrogens with one attached hydrogen (secondary N) is 2. The smallest absolute Gasteiger partial charge is 0.237 e. The van der Waals surface area contributed by atoms with Crippen molar-refractivity contribution in [1.82, 2.24) is 15.6 Å². The van der Waals surface area contributed by atoms with Crippen molar-refractivity contribution in [3.05, 3.63) is 29.6 Å². The van der Waals surface area contributed by atoms with E-state index in [-0.39, 0.29) is 18.0 Å². The highest BCUT2D eigenvalue weighted by atomic mass is 16.2. The summed E-state index contributed by atoms with van der Waals surface area (Å²) >= 11 is 0. The number of pyridine rings is 1. The van der Waals surface area contributed by atoms with Gasteiger partial charge in [-0.15, -0.1) is 0 Å². The molecule has 0 radical (unpaired) electrons. The monoisotopic (exact) mass is 263 g/mol. The Morgan fingerprint density at radius 3 is 2.53 bits per heavy atom. The summed E-state index contributed by atoms with van der Waals surface area (Å²) in [6, 6.07) is 4.09. The molecule has 0 aliphatic carbocycles. The highest BCUT2D eigenvalue weighted by molar-refractivity contribution is 5.81. The molecule has 0 aliphatic rings. The van der Waals surface area contributed by atoms with Crippen LogP contribution in [0.15, 0.2) is 18.3 Å². The lowest BCUT2D eigenvalue weighted by atomic mass is 10.1. The predicted octanol–water partition coefficient (Wildman–Crippen LogP) is 2.17. The Hall–Kier alpha value is -1.42. The molecular weight excluding hydrogens is 238 g/mol. The second-order valence-electron chi connectivity index (χ2n) is 4.93. The van der Waals surface area contributed by atoms with Crippen LogP contribution in [0.4, 0.5) is 0 Å². The van der Waals surface area contributed by atoms with Gasteiger partial charge in [-0.05, 0) is 38.3 Å². The first kappa shape index (κ1) is 15.6. The topological polar surface area (TPSA) is 54.0 Å². The van der Waals surface area contributed by atoms with Gasteiger partial charge in [-0.3, -0.25) is 9.78 Å². The maximum atomic E-state index is 12.0. The highest BCUT2D eigenvalue weighted by Gasteiger charge is 2.15. The summed E-state index contributed by atoms with van der Waals surface area (Å²) in [7, 11) is 0. The Morgan fingerprint density at radius 2 is 2.00 bits per heavy atom. The summed E-state index contributed by atoms with van der Waals surface area (Å²) in [5.74, 6) is 0.0637. The van der Waals surface area contributed by atoms with E-state index in [0.717, 1.165) is 24.1 Å². The van der Waals surface area contributed by atoms with Crippen LogP contribution in [-0.4, -0.2) is 23.0 Å². The number of aromatic nitrogens is 1. The standard InChI is InChI=1S/C15H25N3O/c1-5-14(6-2)18-15(19)12(4)17-10-13-8-7-11(3)16-9-13/h7-9,12,14,17H,5-6,10H2,1-4H3,(H,18,19). The Balaban J connectivity index is 2.39. The summed E-state index contributed by atoms with van der Waals surface area (Å²) in [6.45, 7) is 8.68. The van der Waals surface area contributed by atoms with Crippen LogP contribution < -0.4 is 10.6 Å². The van der Waals surface area contributed by atoms with Gasteiger partial charge in [-0.2, -0.15) is 0 Å². The maximum absolute atomic E-state index is 12.0. The van der Waals surface area contributed by atoms with Crippen molar-refractivity contribution in [3.8, 4) is 0 Å². The molecule has 1 aromatic rings. The third kappa shape index (κ3) is 5.39. The third-order valence-corrected chi connectivity index (χ3v) is 3.31. The normalized spacial score (nSPS) is 12.5. The van der Waals surface area contributed by atoms with E-state index in [0.29, 0.717) is 6.54 Å². The number of amides is 1. The highest BCUT2D eigenvalue weighted by Crippen LogP contribution is 2.00. The van der Waals surface area contributed by atoms with Gasteiger partial charge in [0.05, 0.1) is 6.04 Å². The van der Waals surface area contributed by atoms with Gasteiger partial charge < -0.3 is 10.6 Å². The number of carbonyl (C=O) groups is 1. The van der Waals surface area contributed by atoms with Gasteiger partial charge in [0.15, 0.2) is 0 Å². The Bertz CT molecular complexity index is 385. The first-order chi connectivity index (χ1) is 9.06. The largest absolute Gasteiger partial charge is 0.352 e. The van der Waals surface area contributed by atoms with Crippen molar-refractivity contribution in [1.29, 1.82) is 0 Å². The molecule has 4 nitrogen and oxygen atoms in total. The molecule has 0 fully saturated rings. The zero-order valence-electron chi connectivity index (χ0n) is 12.4. The quantitative estimate of drug-likeness (QED) is 0.792. The van der Waals surface area contributed by atoms with E-state index >= 15 is 0 Å². The molecule has 0 spiro atoms. The molecule has 1 heterocycles. The van der Waals surface area contributed by atoms with Crippen LogP contribution in [0.25, 0.3) is 0 Å². The van der Waals surface area contributed by atoms with Crippen molar-refractivity contribution in [3.63, 3.8) is 0 Å². The first-order valence-corrected chi connectivity index (χ1v) is 7.02. The van der Waals surface area contributed by atoms with E-state index in [2.05, 4.69) is 29.5 Å². The number of rotatable bonds is 7. The molecule has 106 valence electrons. The minimum absolute atomic E-state index is 0.0637. The lowest BCUT2D eigenvalue weighted by molar-refractivity contribution is -0.123. The van der Waals surface area contributed by atoms with Gasteiger partial charge in [0, 0.05) is 24.5 Å². The molecular formula is C15H25N3O. The SMILES string of the molecule is CCC(CC)NC(=O)C(C)NCc1ccc(C)nc1. The summed E-state index contributed by atoms with van der Waals surface area (Å²) < 4.78 is 0. The predicted molar refractivity (Wildman–Crippen MR) is 77.8 cm³/mol. The average molecular weight is 263 g/mol. The number of hydrogen-bond donors (Lipinski definition) is 2. The summed E-state index contributed by atoms with van der Waals surface area (Å²) in [4.78, 5) is 16.2. The van der Waals surface area contributed by atoms with Crippen molar-refractivity contribution in [2.45, 2.75) is 59.2 Å². The van der Waals surface area contributed by atoms with Crippen molar-refractivity contribution in [2.24, 2.45) is 0 Å². The molecule has 1 atom stereocenters.